The fourth-order valence-electron chi connectivity index (χ4n) is 1.82. The van der Waals surface area contributed by atoms with Gasteiger partial charge >= 0.3 is 6.18 Å². The molecule has 2 rings (SSSR count). The fraction of sp³-hybridized carbons (Fsp3) is 0.308. The van der Waals surface area contributed by atoms with Gasteiger partial charge in [-0.15, -0.1) is 0 Å². The number of alkyl halides is 3. The molecule has 0 aliphatic carbocycles. The summed E-state index contributed by atoms with van der Waals surface area (Å²) >= 11 is 0. The number of hydrogen-bond acceptors (Lipinski definition) is 4. The lowest BCUT2D eigenvalue weighted by atomic mass is 10.1. The van der Waals surface area contributed by atoms with Gasteiger partial charge in [-0.3, -0.25) is 0 Å². The minimum Gasteiger partial charge on any atom is -0.493 e. The lowest BCUT2D eigenvalue weighted by Crippen LogP contribution is -2.19. The molecule has 1 aromatic carbocycles. The molecule has 0 saturated heterocycles. The highest BCUT2D eigenvalue weighted by molar-refractivity contribution is 5.93. The van der Waals surface area contributed by atoms with Gasteiger partial charge in [0, 0.05) is 17.0 Å². The second-order valence-electron chi connectivity index (χ2n) is 3.92. The van der Waals surface area contributed by atoms with E-state index in [9.17, 15) is 13.2 Å². The summed E-state index contributed by atoms with van der Waals surface area (Å²) in [6.07, 6.45) is -3.06. The van der Waals surface area contributed by atoms with Gasteiger partial charge < -0.3 is 14.2 Å². The van der Waals surface area contributed by atoms with E-state index in [0.29, 0.717) is 22.3 Å². The average Bonchev–Trinajstić information content (AvgIpc) is 2.42. The van der Waals surface area contributed by atoms with Crippen LogP contribution in [0.5, 0.6) is 17.4 Å². The number of benzene rings is 1. The molecule has 0 fully saturated rings. The van der Waals surface area contributed by atoms with Crippen LogP contribution < -0.4 is 14.2 Å². The first-order valence-corrected chi connectivity index (χ1v) is 5.65. The largest absolute Gasteiger partial charge is 0.493 e. The van der Waals surface area contributed by atoms with Crippen molar-refractivity contribution in [2.45, 2.75) is 6.18 Å². The molecule has 0 N–H and O–H groups in total. The van der Waals surface area contributed by atoms with Crippen molar-refractivity contribution in [1.82, 2.24) is 4.98 Å². The summed E-state index contributed by atoms with van der Waals surface area (Å²) < 4.78 is 51.7. The Kier molecular flexibility index (Phi) is 3.87. The first-order chi connectivity index (χ1) is 9.46. The molecule has 7 heteroatoms. The summed E-state index contributed by atoms with van der Waals surface area (Å²) in [6.45, 7) is -1.40. The number of halogens is 3. The Morgan fingerprint density at radius 3 is 2.40 bits per heavy atom. The number of fused-ring (bicyclic) bond motifs is 1. The molecule has 0 atom stereocenters. The van der Waals surface area contributed by atoms with Gasteiger partial charge in [-0.05, 0) is 18.2 Å². The molecule has 0 bridgehead atoms. The van der Waals surface area contributed by atoms with E-state index in [-0.39, 0.29) is 5.88 Å². The highest BCUT2D eigenvalue weighted by atomic mass is 19.4. The maximum atomic E-state index is 12.2. The Morgan fingerprint density at radius 2 is 1.80 bits per heavy atom. The SMILES string of the molecule is COc1ccc2c(OCC(F)(F)F)nccc2c1OC. The quantitative estimate of drug-likeness (QED) is 0.866. The number of ether oxygens (including phenoxy) is 3. The predicted octanol–water partition coefficient (Wildman–Crippen LogP) is 3.19. The van der Waals surface area contributed by atoms with Crippen LogP contribution in [0.2, 0.25) is 0 Å². The zero-order chi connectivity index (χ0) is 14.8. The van der Waals surface area contributed by atoms with Gasteiger partial charge in [0.25, 0.3) is 0 Å². The van der Waals surface area contributed by atoms with Gasteiger partial charge in [-0.25, -0.2) is 4.98 Å². The van der Waals surface area contributed by atoms with Crippen molar-refractivity contribution in [2.24, 2.45) is 0 Å². The minimum absolute atomic E-state index is 0.0965. The van der Waals surface area contributed by atoms with E-state index < -0.39 is 12.8 Å². The van der Waals surface area contributed by atoms with Crippen LogP contribution in [-0.4, -0.2) is 32.0 Å². The minimum atomic E-state index is -4.42. The van der Waals surface area contributed by atoms with Gasteiger partial charge in [-0.1, -0.05) is 0 Å². The normalized spacial score (nSPS) is 11.4. The number of rotatable bonds is 4. The topological polar surface area (TPSA) is 40.6 Å². The molecule has 0 aliphatic heterocycles. The number of aromatic nitrogens is 1. The maximum absolute atomic E-state index is 12.2. The number of methoxy groups -OCH3 is 2. The summed E-state index contributed by atoms with van der Waals surface area (Å²) in [5, 5.41) is 0.994. The molecular weight excluding hydrogens is 275 g/mol. The van der Waals surface area contributed by atoms with E-state index in [1.54, 1.807) is 18.2 Å². The summed E-state index contributed by atoms with van der Waals surface area (Å²) in [7, 11) is 2.93. The third-order valence-corrected chi connectivity index (χ3v) is 2.62. The Balaban J connectivity index is 2.48. The van der Waals surface area contributed by atoms with Crippen molar-refractivity contribution in [3.05, 3.63) is 24.4 Å². The van der Waals surface area contributed by atoms with Crippen molar-refractivity contribution in [3.8, 4) is 17.4 Å². The van der Waals surface area contributed by atoms with Crippen LogP contribution in [0.25, 0.3) is 10.8 Å². The zero-order valence-corrected chi connectivity index (χ0v) is 10.8. The van der Waals surface area contributed by atoms with E-state index in [0.717, 1.165) is 0 Å². The summed E-state index contributed by atoms with van der Waals surface area (Å²) in [4.78, 5) is 3.82. The predicted molar refractivity (Wildman–Crippen MR) is 66.4 cm³/mol. The second kappa shape index (κ2) is 5.44. The molecule has 1 aromatic heterocycles. The number of nitrogens with zero attached hydrogens (tertiary/aromatic N) is 1. The molecule has 0 aliphatic rings. The molecule has 108 valence electrons. The zero-order valence-electron chi connectivity index (χ0n) is 10.8. The smallest absolute Gasteiger partial charge is 0.422 e. The van der Waals surface area contributed by atoms with Crippen LogP contribution in [0.3, 0.4) is 0 Å². The first-order valence-electron chi connectivity index (χ1n) is 5.65. The Labute approximate surface area is 113 Å². The van der Waals surface area contributed by atoms with E-state index in [2.05, 4.69) is 4.98 Å². The first kappa shape index (κ1) is 14.2. The number of hydrogen-bond donors (Lipinski definition) is 0. The van der Waals surface area contributed by atoms with Gasteiger partial charge in [-0.2, -0.15) is 13.2 Å². The highest BCUT2D eigenvalue weighted by Gasteiger charge is 2.29. The monoisotopic (exact) mass is 287 g/mol. The molecule has 1 heterocycles. The summed E-state index contributed by atoms with van der Waals surface area (Å²) in [6, 6.07) is 4.79. The van der Waals surface area contributed by atoms with Gasteiger partial charge in [0.05, 0.1) is 14.2 Å². The molecule has 4 nitrogen and oxygen atoms in total. The molecule has 0 amide bonds. The van der Waals surface area contributed by atoms with Gasteiger partial charge in [0.2, 0.25) is 5.88 Å². The Bertz CT molecular complexity index is 614. The lowest BCUT2D eigenvalue weighted by molar-refractivity contribution is -0.153. The summed E-state index contributed by atoms with van der Waals surface area (Å²) in [5.41, 5.74) is 0. The van der Waals surface area contributed by atoms with Crippen LogP contribution >= 0.6 is 0 Å². The standard InChI is InChI=1S/C13H12F3NO3/c1-18-10-4-3-9-8(11(10)19-2)5-6-17-12(9)20-7-13(14,15)16/h3-6H,7H2,1-2H3. The highest BCUT2D eigenvalue weighted by Crippen LogP contribution is 2.38. The van der Waals surface area contributed by atoms with Crippen molar-refractivity contribution in [2.75, 3.05) is 20.8 Å². The van der Waals surface area contributed by atoms with Crippen molar-refractivity contribution in [3.63, 3.8) is 0 Å². The molecular formula is C13H12F3NO3. The maximum Gasteiger partial charge on any atom is 0.422 e. The lowest BCUT2D eigenvalue weighted by Gasteiger charge is -2.13. The molecule has 20 heavy (non-hydrogen) atoms. The molecule has 0 saturated carbocycles. The molecule has 0 unspecified atom stereocenters. The average molecular weight is 287 g/mol. The van der Waals surface area contributed by atoms with Crippen LogP contribution in [0.4, 0.5) is 13.2 Å². The molecule has 2 aromatic rings. The summed E-state index contributed by atoms with van der Waals surface area (Å²) in [5.74, 6) is 0.804. The van der Waals surface area contributed by atoms with Crippen molar-refractivity contribution >= 4 is 10.8 Å². The van der Waals surface area contributed by atoms with Crippen molar-refractivity contribution < 1.29 is 27.4 Å². The fourth-order valence-corrected chi connectivity index (χ4v) is 1.82. The second-order valence-corrected chi connectivity index (χ2v) is 3.92. The van der Waals surface area contributed by atoms with E-state index in [4.69, 9.17) is 14.2 Å². The van der Waals surface area contributed by atoms with Crippen molar-refractivity contribution in [1.29, 1.82) is 0 Å². The Hall–Kier alpha value is -2.18. The molecule has 0 radical (unpaired) electrons. The van der Waals surface area contributed by atoms with E-state index >= 15 is 0 Å². The number of pyridine rings is 1. The van der Waals surface area contributed by atoms with Gasteiger partial charge in [0.15, 0.2) is 18.1 Å². The third kappa shape index (κ3) is 2.87. The van der Waals surface area contributed by atoms with Crippen LogP contribution in [-0.2, 0) is 0 Å². The van der Waals surface area contributed by atoms with E-state index in [1.165, 1.54) is 20.4 Å². The molecule has 0 spiro atoms. The van der Waals surface area contributed by atoms with Crippen LogP contribution in [0.15, 0.2) is 24.4 Å². The van der Waals surface area contributed by atoms with E-state index in [1.807, 2.05) is 0 Å². The van der Waals surface area contributed by atoms with Crippen LogP contribution in [0.1, 0.15) is 0 Å². The van der Waals surface area contributed by atoms with Gasteiger partial charge in [0.1, 0.15) is 0 Å². The third-order valence-electron chi connectivity index (χ3n) is 2.62. The van der Waals surface area contributed by atoms with Crippen LogP contribution in [0, 0.1) is 0 Å². The Morgan fingerprint density at radius 1 is 1.05 bits per heavy atom.